The van der Waals surface area contributed by atoms with Gasteiger partial charge in [0.05, 0.1) is 13.2 Å². The minimum atomic E-state index is -0.588. The number of carbonyl (C=O) groups excluding carboxylic acids is 1. The van der Waals surface area contributed by atoms with Crippen LogP contribution in [0, 0.1) is 6.92 Å². The standard InChI is InChI=1S/C24H27NO3/c1-5-22(20-11-13-23(27-4)16(2)14-20)25-24(26)17(3)28-21-12-10-18-8-6-7-9-19(18)15-21/h6-15,17,22H,5H2,1-4H3,(H,25,26)/t17-,22+/m0/s1. The molecule has 0 saturated carbocycles. The molecule has 0 radical (unpaired) electrons. The Morgan fingerprint density at radius 1 is 1.04 bits per heavy atom. The molecule has 3 aromatic rings. The summed E-state index contributed by atoms with van der Waals surface area (Å²) in [7, 11) is 1.66. The minimum Gasteiger partial charge on any atom is -0.496 e. The van der Waals surface area contributed by atoms with Gasteiger partial charge in [-0.25, -0.2) is 0 Å². The molecule has 0 unspecified atom stereocenters. The fourth-order valence-corrected chi connectivity index (χ4v) is 3.33. The van der Waals surface area contributed by atoms with Gasteiger partial charge >= 0.3 is 0 Å². The molecule has 0 saturated heterocycles. The second kappa shape index (κ2) is 8.79. The number of nitrogens with one attached hydrogen (secondary N) is 1. The van der Waals surface area contributed by atoms with E-state index in [1.165, 1.54) is 0 Å². The van der Waals surface area contributed by atoms with Crippen molar-refractivity contribution in [2.45, 2.75) is 39.3 Å². The first-order chi connectivity index (χ1) is 13.5. The zero-order chi connectivity index (χ0) is 20.1. The van der Waals surface area contributed by atoms with Crippen LogP contribution in [0.3, 0.4) is 0 Å². The summed E-state index contributed by atoms with van der Waals surface area (Å²) in [5.74, 6) is 1.40. The topological polar surface area (TPSA) is 47.6 Å². The van der Waals surface area contributed by atoms with Crippen molar-refractivity contribution >= 4 is 16.7 Å². The number of aryl methyl sites for hydroxylation is 1. The summed E-state index contributed by atoms with van der Waals surface area (Å²) in [6, 6.07) is 19.9. The molecule has 0 aliphatic rings. The fraction of sp³-hybridized carbons (Fsp3) is 0.292. The van der Waals surface area contributed by atoms with Gasteiger partial charge in [-0.1, -0.05) is 49.4 Å². The normalized spacial score (nSPS) is 13.0. The number of hydrogen-bond acceptors (Lipinski definition) is 3. The van der Waals surface area contributed by atoms with Gasteiger partial charge in [0, 0.05) is 0 Å². The van der Waals surface area contributed by atoms with Crippen LogP contribution in [0.2, 0.25) is 0 Å². The number of fused-ring (bicyclic) bond motifs is 1. The molecule has 0 spiro atoms. The number of methoxy groups -OCH3 is 1. The van der Waals surface area contributed by atoms with Crippen LogP contribution in [-0.2, 0) is 4.79 Å². The highest BCUT2D eigenvalue weighted by atomic mass is 16.5. The first kappa shape index (κ1) is 19.7. The average molecular weight is 377 g/mol. The van der Waals surface area contributed by atoms with E-state index in [0.29, 0.717) is 5.75 Å². The predicted molar refractivity (Wildman–Crippen MR) is 113 cm³/mol. The van der Waals surface area contributed by atoms with Crippen molar-refractivity contribution in [1.82, 2.24) is 5.32 Å². The van der Waals surface area contributed by atoms with Crippen molar-refractivity contribution in [2.75, 3.05) is 7.11 Å². The van der Waals surface area contributed by atoms with Crippen LogP contribution in [0.4, 0.5) is 0 Å². The summed E-state index contributed by atoms with van der Waals surface area (Å²) in [5, 5.41) is 5.34. The molecule has 0 bridgehead atoms. The maximum Gasteiger partial charge on any atom is 0.261 e. The number of amides is 1. The molecule has 146 valence electrons. The molecule has 0 fully saturated rings. The van der Waals surface area contributed by atoms with Crippen LogP contribution in [0.1, 0.15) is 37.4 Å². The van der Waals surface area contributed by atoms with Crippen molar-refractivity contribution in [2.24, 2.45) is 0 Å². The molecule has 3 rings (SSSR count). The molecule has 0 aliphatic carbocycles. The number of benzene rings is 3. The van der Waals surface area contributed by atoms with Crippen LogP contribution in [0.15, 0.2) is 60.7 Å². The van der Waals surface area contributed by atoms with Gasteiger partial charge in [0.25, 0.3) is 5.91 Å². The number of ether oxygens (including phenoxy) is 2. The second-order valence-electron chi connectivity index (χ2n) is 6.97. The van der Waals surface area contributed by atoms with E-state index < -0.39 is 6.10 Å². The third-order valence-electron chi connectivity index (χ3n) is 4.95. The summed E-state index contributed by atoms with van der Waals surface area (Å²) in [5.41, 5.74) is 2.11. The Morgan fingerprint density at radius 3 is 2.46 bits per heavy atom. The Kier molecular flexibility index (Phi) is 6.19. The van der Waals surface area contributed by atoms with E-state index in [-0.39, 0.29) is 11.9 Å². The third kappa shape index (κ3) is 4.45. The number of hydrogen-bond donors (Lipinski definition) is 1. The lowest BCUT2D eigenvalue weighted by molar-refractivity contribution is -0.128. The maximum atomic E-state index is 12.7. The van der Waals surface area contributed by atoms with Gasteiger partial charge in [0.1, 0.15) is 11.5 Å². The van der Waals surface area contributed by atoms with Crippen LogP contribution >= 0.6 is 0 Å². The van der Waals surface area contributed by atoms with Gasteiger partial charge in [-0.2, -0.15) is 0 Å². The molecule has 0 heterocycles. The van der Waals surface area contributed by atoms with Gasteiger partial charge in [0.15, 0.2) is 6.10 Å². The smallest absolute Gasteiger partial charge is 0.261 e. The highest BCUT2D eigenvalue weighted by Crippen LogP contribution is 2.25. The largest absolute Gasteiger partial charge is 0.496 e. The van der Waals surface area contributed by atoms with Gasteiger partial charge in [0.2, 0.25) is 0 Å². The predicted octanol–water partition coefficient (Wildman–Crippen LogP) is 5.19. The van der Waals surface area contributed by atoms with Gasteiger partial charge in [-0.05, 0) is 60.4 Å². The first-order valence-corrected chi connectivity index (χ1v) is 9.62. The fourth-order valence-electron chi connectivity index (χ4n) is 3.33. The molecule has 0 aliphatic heterocycles. The third-order valence-corrected chi connectivity index (χ3v) is 4.95. The average Bonchev–Trinajstić information content (AvgIpc) is 2.71. The van der Waals surface area contributed by atoms with E-state index in [9.17, 15) is 4.79 Å². The van der Waals surface area contributed by atoms with E-state index in [0.717, 1.165) is 34.1 Å². The molecule has 1 N–H and O–H groups in total. The minimum absolute atomic E-state index is 0.0697. The first-order valence-electron chi connectivity index (χ1n) is 9.62. The molecule has 3 aromatic carbocycles. The van der Waals surface area contributed by atoms with Crippen molar-refractivity contribution in [3.05, 3.63) is 71.8 Å². The Morgan fingerprint density at radius 2 is 1.79 bits per heavy atom. The zero-order valence-electron chi connectivity index (χ0n) is 16.9. The van der Waals surface area contributed by atoms with Crippen LogP contribution in [0.5, 0.6) is 11.5 Å². The van der Waals surface area contributed by atoms with Crippen molar-refractivity contribution in [1.29, 1.82) is 0 Å². The SMILES string of the molecule is CC[C@@H](NC(=O)[C@H](C)Oc1ccc2ccccc2c1)c1ccc(OC)c(C)c1. The quantitative estimate of drug-likeness (QED) is 0.616. The monoisotopic (exact) mass is 377 g/mol. The summed E-state index contributed by atoms with van der Waals surface area (Å²) >= 11 is 0. The lowest BCUT2D eigenvalue weighted by Gasteiger charge is -2.22. The van der Waals surface area contributed by atoms with Crippen molar-refractivity contribution in [3.63, 3.8) is 0 Å². The molecule has 4 nitrogen and oxygen atoms in total. The summed E-state index contributed by atoms with van der Waals surface area (Å²) in [6.45, 7) is 5.83. The summed E-state index contributed by atoms with van der Waals surface area (Å²) < 4.78 is 11.2. The molecule has 2 atom stereocenters. The molecule has 0 aromatic heterocycles. The molecule has 28 heavy (non-hydrogen) atoms. The van der Waals surface area contributed by atoms with Crippen molar-refractivity contribution < 1.29 is 14.3 Å². The Balaban J connectivity index is 1.68. The molecule has 4 heteroatoms. The summed E-state index contributed by atoms with van der Waals surface area (Å²) in [6.07, 6.45) is 0.203. The van der Waals surface area contributed by atoms with E-state index >= 15 is 0 Å². The lowest BCUT2D eigenvalue weighted by atomic mass is 10.0. The van der Waals surface area contributed by atoms with E-state index in [4.69, 9.17) is 9.47 Å². The van der Waals surface area contributed by atoms with Crippen LogP contribution < -0.4 is 14.8 Å². The Hall–Kier alpha value is -3.01. The van der Waals surface area contributed by atoms with E-state index in [1.54, 1.807) is 14.0 Å². The lowest BCUT2D eigenvalue weighted by Crippen LogP contribution is -2.38. The Bertz CT molecular complexity index is 967. The van der Waals surface area contributed by atoms with Crippen LogP contribution in [-0.4, -0.2) is 19.1 Å². The van der Waals surface area contributed by atoms with E-state index in [2.05, 4.69) is 24.4 Å². The second-order valence-corrected chi connectivity index (χ2v) is 6.97. The van der Waals surface area contributed by atoms with Crippen LogP contribution in [0.25, 0.3) is 10.8 Å². The van der Waals surface area contributed by atoms with Gasteiger partial charge < -0.3 is 14.8 Å². The number of rotatable bonds is 7. The number of carbonyl (C=O) groups is 1. The molecular weight excluding hydrogens is 350 g/mol. The van der Waals surface area contributed by atoms with Gasteiger partial charge in [-0.3, -0.25) is 4.79 Å². The van der Waals surface area contributed by atoms with Crippen molar-refractivity contribution in [3.8, 4) is 11.5 Å². The highest BCUT2D eigenvalue weighted by molar-refractivity contribution is 5.84. The van der Waals surface area contributed by atoms with Gasteiger partial charge in [-0.15, -0.1) is 0 Å². The Labute approximate surface area is 166 Å². The van der Waals surface area contributed by atoms with E-state index in [1.807, 2.05) is 55.5 Å². The summed E-state index contributed by atoms with van der Waals surface area (Å²) in [4.78, 5) is 12.7. The zero-order valence-corrected chi connectivity index (χ0v) is 16.9. The molecule has 1 amide bonds. The maximum absolute atomic E-state index is 12.7. The molecular formula is C24H27NO3. The highest BCUT2D eigenvalue weighted by Gasteiger charge is 2.20.